The van der Waals surface area contributed by atoms with Crippen LogP contribution in [0.2, 0.25) is 39.3 Å². The van der Waals surface area contributed by atoms with E-state index < -0.39 is 23.4 Å². The van der Waals surface area contributed by atoms with Crippen molar-refractivity contribution >= 4 is 34.7 Å². The molecule has 0 aromatic heterocycles. The topological polar surface area (TPSA) is 9.23 Å². The number of halogens is 1. The molecule has 19 heavy (non-hydrogen) atoms. The minimum absolute atomic E-state index is 0.644. The first-order chi connectivity index (χ1) is 8.41. The highest BCUT2D eigenvalue weighted by Crippen LogP contribution is 2.59. The van der Waals surface area contributed by atoms with Crippen molar-refractivity contribution in [2.45, 2.75) is 65.0 Å². The van der Waals surface area contributed by atoms with Crippen LogP contribution < -0.4 is 0 Å². The lowest BCUT2D eigenvalue weighted by molar-refractivity contribution is 0.256. The summed E-state index contributed by atoms with van der Waals surface area (Å²) < 4.78 is 5.81. The number of hydrogen-bond donors (Lipinski definition) is 0. The van der Waals surface area contributed by atoms with Gasteiger partial charge in [0.1, 0.15) is 0 Å². The van der Waals surface area contributed by atoms with Crippen molar-refractivity contribution in [1.82, 2.24) is 0 Å². The van der Waals surface area contributed by atoms with Crippen molar-refractivity contribution in [3.05, 3.63) is 16.8 Å². The predicted molar refractivity (Wildman–Crippen MR) is 96.8 cm³/mol. The van der Waals surface area contributed by atoms with Gasteiger partial charge in [0.15, 0.2) is 5.50 Å². The summed E-state index contributed by atoms with van der Waals surface area (Å²) in [5.74, 6) is 0. The van der Waals surface area contributed by atoms with Gasteiger partial charge in [0.05, 0.1) is 30.0 Å². The molecule has 0 rings (SSSR count). The van der Waals surface area contributed by atoms with Crippen molar-refractivity contribution in [3.63, 3.8) is 0 Å². The standard InChI is InChI=1S/C14H30ClOPSi2/c1-10-16-13(11-12(2)3)17(15)14(18(4,5)6)19(7,8)9/h14H,10H2,1-9H3. The van der Waals surface area contributed by atoms with E-state index in [0.717, 1.165) is 11.1 Å². The number of rotatable bonds is 6. The summed E-state index contributed by atoms with van der Waals surface area (Å²) in [5.41, 5.74) is 5.41. The summed E-state index contributed by atoms with van der Waals surface area (Å²) in [6, 6.07) is 0. The summed E-state index contributed by atoms with van der Waals surface area (Å²) in [5, 5.41) is 0. The van der Waals surface area contributed by atoms with Gasteiger partial charge in [-0.3, -0.25) is 0 Å². The molecule has 0 spiro atoms. The van der Waals surface area contributed by atoms with E-state index in [4.69, 9.17) is 16.0 Å². The molecule has 0 bridgehead atoms. The molecule has 112 valence electrons. The molecular weight excluding hydrogens is 307 g/mol. The van der Waals surface area contributed by atoms with E-state index in [-0.39, 0.29) is 0 Å². The van der Waals surface area contributed by atoms with Gasteiger partial charge >= 0.3 is 0 Å². The van der Waals surface area contributed by atoms with Gasteiger partial charge in [-0.05, 0) is 31.2 Å². The van der Waals surface area contributed by atoms with Gasteiger partial charge < -0.3 is 4.74 Å². The highest BCUT2D eigenvalue weighted by molar-refractivity contribution is 7.91. The Hall–Kier alpha value is 0.474. The molecule has 0 amide bonds. The van der Waals surface area contributed by atoms with Crippen LogP contribution >= 0.6 is 18.5 Å². The fourth-order valence-electron chi connectivity index (χ4n) is 2.60. The SMILES string of the molecule is CCOC(=C=C(C)C)P(Cl)C([Si](C)(C)C)[Si](C)(C)C. The minimum Gasteiger partial charge on any atom is -0.485 e. The van der Waals surface area contributed by atoms with Gasteiger partial charge in [-0.1, -0.05) is 56.3 Å². The molecule has 0 fully saturated rings. The zero-order chi connectivity index (χ0) is 15.4. The van der Waals surface area contributed by atoms with Crippen LogP contribution in [-0.2, 0) is 4.74 Å². The van der Waals surface area contributed by atoms with Gasteiger partial charge in [-0.2, -0.15) is 0 Å². The molecule has 0 radical (unpaired) electrons. The first-order valence-corrected chi connectivity index (χ1v) is 16.4. The number of ether oxygens (including phenoxy) is 1. The van der Waals surface area contributed by atoms with Gasteiger partial charge in [0, 0.05) is 0 Å². The van der Waals surface area contributed by atoms with E-state index in [1.165, 1.54) is 0 Å². The van der Waals surface area contributed by atoms with Gasteiger partial charge in [0.2, 0.25) is 0 Å². The van der Waals surface area contributed by atoms with Crippen LogP contribution in [0.15, 0.2) is 16.8 Å². The molecule has 0 heterocycles. The van der Waals surface area contributed by atoms with E-state index in [9.17, 15) is 0 Å². The van der Waals surface area contributed by atoms with Gasteiger partial charge in [0.25, 0.3) is 0 Å². The molecule has 1 unspecified atom stereocenters. The monoisotopic (exact) mass is 336 g/mol. The van der Waals surface area contributed by atoms with Crippen LogP contribution in [0.3, 0.4) is 0 Å². The Morgan fingerprint density at radius 2 is 1.53 bits per heavy atom. The third-order valence-electron chi connectivity index (χ3n) is 2.70. The highest BCUT2D eigenvalue weighted by atomic mass is 35.7. The summed E-state index contributed by atoms with van der Waals surface area (Å²) in [6.45, 7) is 21.4. The normalized spacial score (nSPS) is 14.1. The minimum atomic E-state index is -1.32. The molecule has 0 saturated heterocycles. The molecule has 0 aliphatic rings. The lowest BCUT2D eigenvalue weighted by Gasteiger charge is -2.41. The quantitative estimate of drug-likeness (QED) is 0.243. The fourth-order valence-corrected chi connectivity index (χ4v) is 25.5. The van der Waals surface area contributed by atoms with E-state index >= 15 is 0 Å². The summed E-state index contributed by atoms with van der Waals surface area (Å²) in [6.07, 6.45) is 0. The average Bonchev–Trinajstić information content (AvgIpc) is 2.11. The molecule has 5 heteroatoms. The maximum absolute atomic E-state index is 6.90. The van der Waals surface area contributed by atoms with Crippen LogP contribution in [0.5, 0.6) is 0 Å². The Labute approximate surface area is 128 Å². The van der Waals surface area contributed by atoms with Crippen LogP contribution in [-0.4, -0.2) is 27.7 Å². The lowest BCUT2D eigenvalue weighted by atomic mass is 10.4. The second-order valence-corrected chi connectivity index (χ2v) is 22.1. The predicted octanol–water partition coefficient (Wildman–Crippen LogP) is 6.19. The Morgan fingerprint density at radius 3 is 1.79 bits per heavy atom. The largest absolute Gasteiger partial charge is 0.485 e. The third-order valence-corrected chi connectivity index (χ3v) is 20.5. The molecule has 0 aliphatic carbocycles. The third kappa shape index (κ3) is 6.64. The van der Waals surface area contributed by atoms with Crippen molar-refractivity contribution in [1.29, 1.82) is 0 Å². The maximum Gasteiger partial charge on any atom is 0.175 e. The molecule has 1 nitrogen and oxygen atoms in total. The van der Waals surface area contributed by atoms with E-state index in [0.29, 0.717) is 11.5 Å². The number of allylic oxidation sites excluding steroid dienone is 1. The molecule has 0 aliphatic heterocycles. The molecule has 0 N–H and O–H groups in total. The van der Waals surface area contributed by atoms with Crippen LogP contribution in [0.1, 0.15) is 20.8 Å². The summed E-state index contributed by atoms with van der Waals surface area (Å²) >= 11 is 6.90. The van der Waals surface area contributed by atoms with Crippen LogP contribution in [0.25, 0.3) is 0 Å². The smallest absolute Gasteiger partial charge is 0.175 e. The molecule has 0 aromatic rings. The van der Waals surface area contributed by atoms with Crippen molar-refractivity contribution in [3.8, 4) is 0 Å². The van der Waals surface area contributed by atoms with Crippen molar-refractivity contribution in [2.24, 2.45) is 0 Å². The Balaban J connectivity index is 5.65. The lowest BCUT2D eigenvalue weighted by Crippen LogP contribution is -2.52. The average molecular weight is 337 g/mol. The zero-order valence-electron chi connectivity index (χ0n) is 14.0. The Bertz CT molecular complexity index is 345. The summed E-state index contributed by atoms with van der Waals surface area (Å²) in [4.78, 5) is 0.644. The van der Waals surface area contributed by atoms with E-state index in [1.807, 2.05) is 6.92 Å². The second kappa shape index (κ2) is 7.47. The van der Waals surface area contributed by atoms with Crippen LogP contribution in [0.4, 0.5) is 0 Å². The van der Waals surface area contributed by atoms with E-state index in [2.05, 4.69) is 58.9 Å². The first-order valence-electron chi connectivity index (χ1n) is 6.93. The van der Waals surface area contributed by atoms with Crippen molar-refractivity contribution in [2.75, 3.05) is 6.61 Å². The van der Waals surface area contributed by atoms with Crippen LogP contribution in [0, 0.1) is 0 Å². The van der Waals surface area contributed by atoms with Gasteiger partial charge in [-0.25, -0.2) is 0 Å². The van der Waals surface area contributed by atoms with Crippen molar-refractivity contribution < 1.29 is 4.74 Å². The first kappa shape index (κ1) is 19.5. The van der Waals surface area contributed by atoms with Gasteiger partial charge in [-0.15, -0.1) is 0 Å². The maximum atomic E-state index is 6.90. The molecule has 1 atom stereocenters. The summed E-state index contributed by atoms with van der Waals surface area (Å²) in [7, 11) is -3.40. The fraction of sp³-hybridized carbons (Fsp3) is 0.786. The Morgan fingerprint density at radius 1 is 1.11 bits per heavy atom. The van der Waals surface area contributed by atoms with E-state index in [1.54, 1.807) is 0 Å². The molecule has 0 saturated carbocycles. The molecular formula is C14H30ClOPSi2. The highest BCUT2D eigenvalue weighted by Gasteiger charge is 2.44. The number of hydrogen-bond acceptors (Lipinski definition) is 1. The molecule has 0 aromatic carbocycles. The zero-order valence-corrected chi connectivity index (χ0v) is 17.7. The Kier molecular flexibility index (Phi) is 7.66. The second-order valence-electron chi connectivity index (χ2n) is 7.31.